The zero-order chi connectivity index (χ0) is 33.8. The summed E-state index contributed by atoms with van der Waals surface area (Å²) in [7, 11) is 0. The van der Waals surface area contributed by atoms with Crippen molar-refractivity contribution in [1.29, 1.82) is 5.26 Å². The van der Waals surface area contributed by atoms with Crippen LogP contribution in [0.3, 0.4) is 0 Å². The monoisotopic (exact) mass is 657 g/mol. The van der Waals surface area contributed by atoms with Crippen LogP contribution in [0.15, 0.2) is 30.3 Å². The molecule has 11 nitrogen and oxygen atoms in total. The second-order valence-corrected chi connectivity index (χ2v) is 11.8. The Bertz CT molecular complexity index is 1410. The molecule has 0 bridgehead atoms. The van der Waals surface area contributed by atoms with Gasteiger partial charge in [-0.1, -0.05) is 12.1 Å². The predicted molar refractivity (Wildman–Crippen MR) is 169 cm³/mol. The van der Waals surface area contributed by atoms with E-state index in [4.69, 9.17) is 10.00 Å². The molecule has 2 aromatic rings. The lowest BCUT2D eigenvalue weighted by molar-refractivity contribution is -0.145. The molecule has 254 valence electrons. The lowest BCUT2D eigenvalue weighted by Gasteiger charge is -2.34. The molecule has 0 aliphatic carbocycles. The molecule has 0 spiro atoms. The van der Waals surface area contributed by atoms with E-state index in [-0.39, 0.29) is 54.9 Å². The molecule has 0 radical (unpaired) electrons. The highest BCUT2D eigenvalue weighted by atomic mass is 19.4. The van der Waals surface area contributed by atoms with Crippen LogP contribution in [0, 0.1) is 17.2 Å². The maximum absolute atomic E-state index is 13.9. The van der Waals surface area contributed by atoms with Gasteiger partial charge in [0.15, 0.2) is 5.78 Å². The van der Waals surface area contributed by atoms with Crippen LogP contribution in [0.2, 0.25) is 0 Å². The third kappa shape index (κ3) is 10.6. The molecule has 1 aromatic carbocycles. The number of carbonyl (C=O) groups excluding carboxylic acids is 3. The Kier molecular flexibility index (Phi) is 12.8. The van der Waals surface area contributed by atoms with Gasteiger partial charge in [0.1, 0.15) is 11.6 Å². The number of benzene rings is 1. The van der Waals surface area contributed by atoms with Gasteiger partial charge >= 0.3 is 18.2 Å². The van der Waals surface area contributed by atoms with Gasteiger partial charge in [-0.3, -0.25) is 9.59 Å². The number of ether oxygens (including phenoxy) is 1. The first-order valence-corrected chi connectivity index (χ1v) is 16.2. The molecule has 1 aromatic heterocycles. The van der Waals surface area contributed by atoms with Crippen LogP contribution in [-0.4, -0.2) is 73.1 Å². The van der Waals surface area contributed by atoms with Gasteiger partial charge in [0.25, 0.3) is 0 Å². The molecule has 3 heterocycles. The second kappa shape index (κ2) is 16.9. The van der Waals surface area contributed by atoms with Crippen molar-refractivity contribution in [3.8, 4) is 6.07 Å². The third-order valence-electron chi connectivity index (χ3n) is 8.54. The number of Topliss-reactive ketones (excluding diaryl/α,β-unsaturated/α-hetero) is 1. The zero-order valence-corrected chi connectivity index (χ0v) is 26.7. The number of carbonyl (C=O) groups is 3. The van der Waals surface area contributed by atoms with Crippen molar-refractivity contribution in [1.82, 2.24) is 20.6 Å². The van der Waals surface area contributed by atoms with Crippen molar-refractivity contribution < 1.29 is 32.3 Å². The largest absolute Gasteiger partial charge is 0.466 e. The van der Waals surface area contributed by atoms with E-state index >= 15 is 0 Å². The molecular formula is C33H42F3N7O4. The van der Waals surface area contributed by atoms with E-state index in [1.165, 1.54) is 0 Å². The Labute approximate surface area is 272 Å². The van der Waals surface area contributed by atoms with Crippen molar-refractivity contribution in [2.75, 3.05) is 49.1 Å². The summed E-state index contributed by atoms with van der Waals surface area (Å²) in [6, 6.07) is 9.94. The maximum Gasteiger partial charge on any atom is 0.451 e. The normalized spacial score (nSPS) is 16.9. The first-order valence-electron chi connectivity index (χ1n) is 16.2. The lowest BCUT2D eigenvalue weighted by Crippen LogP contribution is -2.40. The molecule has 4 rings (SSSR count). The Morgan fingerprint density at radius 2 is 1.70 bits per heavy atom. The summed E-state index contributed by atoms with van der Waals surface area (Å²) in [5, 5.41) is 14.4. The number of aryl methyl sites for hydroxylation is 1. The molecule has 0 unspecified atom stereocenters. The fourth-order valence-electron chi connectivity index (χ4n) is 6.03. The Balaban J connectivity index is 1.31. The van der Waals surface area contributed by atoms with Crippen molar-refractivity contribution in [3.05, 3.63) is 47.3 Å². The van der Waals surface area contributed by atoms with E-state index in [1.807, 2.05) is 17.0 Å². The van der Waals surface area contributed by atoms with Crippen molar-refractivity contribution >= 4 is 29.4 Å². The number of nitriles is 1. The van der Waals surface area contributed by atoms with Gasteiger partial charge < -0.3 is 25.2 Å². The smallest absolute Gasteiger partial charge is 0.451 e. The van der Waals surface area contributed by atoms with E-state index in [9.17, 15) is 27.6 Å². The van der Waals surface area contributed by atoms with Crippen LogP contribution in [0.25, 0.3) is 0 Å². The highest BCUT2D eigenvalue weighted by Gasteiger charge is 2.38. The number of ketones is 1. The molecule has 2 aliphatic rings. The molecule has 2 N–H and O–H groups in total. The molecule has 1 atom stereocenters. The average Bonchev–Trinajstić information content (AvgIpc) is 3.55. The summed E-state index contributed by atoms with van der Waals surface area (Å²) in [5.74, 6) is -1.03. The van der Waals surface area contributed by atoms with Crippen LogP contribution < -0.4 is 20.4 Å². The Morgan fingerprint density at radius 3 is 2.38 bits per heavy atom. The van der Waals surface area contributed by atoms with Crippen LogP contribution in [0.4, 0.5) is 29.6 Å². The number of nitrogens with one attached hydrogen (secondary N) is 2. The quantitative estimate of drug-likeness (QED) is 0.275. The first-order chi connectivity index (χ1) is 22.6. The molecule has 14 heteroatoms. The van der Waals surface area contributed by atoms with Crippen molar-refractivity contribution in [3.63, 3.8) is 0 Å². The van der Waals surface area contributed by atoms with Gasteiger partial charge in [-0.25, -0.2) is 14.8 Å². The number of urea groups is 1. The fraction of sp³-hybridized carbons (Fsp3) is 0.576. The minimum Gasteiger partial charge on any atom is -0.466 e. The number of alkyl halides is 3. The number of piperidine rings is 1. The van der Waals surface area contributed by atoms with E-state index in [0.717, 1.165) is 18.4 Å². The minimum absolute atomic E-state index is 0.0213. The van der Waals surface area contributed by atoms with Gasteiger partial charge in [0.2, 0.25) is 5.82 Å². The van der Waals surface area contributed by atoms with E-state index < -0.39 is 18.0 Å². The summed E-state index contributed by atoms with van der Waals surface area (Å²) < 4.78 is 46.7. The SMILES string of the molecule is CCOC(=O)CCNC(=O)NCCC1CCN(c2cc(N3CCC[C@H]3C(=O)CCCc3ccc(C#N)cc3)nc(C(F)(F)F)n2)CC1. The van der Waals surface area contributed by atoms with Gasteiger partial charge in [-0.15, -0.1) is 0 Å². The summed E-state index contributed by atoms with van der Waals surface area (Å²) in [6.45, 7) is 4.05. The van der Waals surface area contributed by atoms with Gasteiger partial charge in [-0.05, 0) is 75.5 Å². The Morgan fingerprint density at radius 1 is 1.00 bits per heavy atom. The average molecular weight is 658 g/mol. The van der Waals surface area contributed by atoms with Crippen molar-refractivity contribution in [2.45, 2.75) is 76.9 Å². The topological polar surface area (TPSA) is 141 Å². The maximum atomic E-state index is 13.9. The molecule has 47 heavy (non-hydrogen) atoms. The second-order valence-electron chi connectivity index (χ2n) is 11.8. The van der Waals surface area contributed by atoms with E-state index in [1.54, 1.807) is 30.0 Å². The highest BCUT2D eigenvalue weighted by Crippen LogP contribution is 2.34. The van der Waals surface area contributed by atoms with Crippen LogP contribution >= 0.6 is 0 Å². The molecule has 2 aliphatic heterocycles. The summed E-state index contributed by atoms with van der Waals surface area (Å²) in [5.41, 5.74) is 1.58. The zero-order valence-electron chi connectivity index (χ0n) is 26.7. The molecule has 2 fully saturated rings. The lowest BCUT2D eigenvalue weighted by atomic mass is 9.93. The summed E-state index contributed by atoms with van der Waals surface area (Å²) in [4.78, 5) is 47.9. The fourth-order valence-corrected chi connectivity index (χ4v) is 6.03. The van der Waals surface area contributed by atoms with Gasteiger partial charge in [0, 0.05) is 45.2 Å². The number of rotatable bonds is 14. The molecule has 2 amide bonds. The molecule has 2 saturated heterocycles. The summed E-state index contributed by atoms with van der Waals surface area (Å²) >= 11 is 0. The van der Waals surface area contributed by atoms with Crippen molar-refractivity contribution in [2.24, 2.45) is 5.92 Å². The van der Waals surface area contributed by atoms with Gasteiger partial charge in [0.05, 0.1) is 30.7 Å². The van der Waals surface area contributed by atoms with Gasteiger partial charge in [-0.2, -0.15) is 18.4 Å². The van der Waals surface area contributed by atoms with Crippen LogP contribution in [0.1, 0.15) is 75.2 Å². The number of halogens is 3. The third-order valence-corrected chi connectivity index (χ3v) is 8.54. The standard InChI is InChI=1S/C33H42F3N7O4/c1-2-47-30(45)13-17-39-32(46)38-16-12-24-14-19-42(20-15-24)28-21-29(41-31(40-28)33(34,35)36)43-18-4-6-26(43)27(44)7-3-5-23-8-10-25(22-37)11-9-23/h8-11,21,24,26H,2-7,12-20H2,1H3,(H2,38,39,46)/t26-/m0/s1. The highest BCUT2D eigenvalue weighted by molar-refractivity contribution is 5.87. The number of esters is 1. The number of amides is 2. The van der Waals surface area contributed by atoms with Crippen LogP contribution in [0.5, 0.6) is 0 Å². The van der Waals surface area contributed by atoms with E-state index in [0.29, 0.717) is 70.3 Å². The number of nitrogens with zero attached hydrogens (tertiary/aromatic N) is 5. The Hall–Kier alpha value is -4.41. The van der Waals surface area contributed by atoms with E-state index in [2.05, 4.69) is 26.7 Å². The first kappa shape index (κ1) is 35.4. The molecule has 0 saturated carbocycles. The predicted octanol–water partition coefficient (Wildman–Crippen LogP) is 4.79. The number of hydrogen-bond acceptors (Lipinski definition) is 9. The number of aromatic nitrogens is 2. The summed E-state index contributed by atoms with van der Waals surface area (Å²) in [6.07, 6.45) is 0.289. The van der Waals surface area contributed by atoms with Crippen LogP contribution in [-0.2, 0) is 26.9 Å². The minimum atomic E-state index is -4.74. The number of anilines is 2. The number of hydrogen-bond donors (Lipinski definition) is 2. The molecular weight excluding hydrogens is 615 g/mol.